The highest BCUT2D eigenvalue weighted by Crippen LogP contribution is 2.19. The summed E-state index contributed by atoms with van der Waals surface area (Å²) in [5.41, 5.74) is 1.38. The maximum absolute atomic E-state index is 11.2. The Balaban J connectivity index is 1.77. The number of benzene rings is 1. The number of piperidine rings is 1. The number of unbranched alkanes of at least 4 members (excludes halogenated alkanes) is 1. The number of likely N-dealkylation sites (tertiary alicyclic amines) is 1. The molecule has 6 nitrogen and oxygen atoms in total. The summed E-state index contributed by atoms with van der Waals surface area (Å²) < 4.78 is 4.67. The van der Waals surface area contributed by atoms with Gasteiger partial charge in [0.15, 0.2) is 5.96 Å². The number of guanidine groups is 1. The van der Waals surface area contributed by atoms with E-state index >= 15 is 0 Å². The average Bonchev–Trinajstić information content (AvgIpc) is 2.70. The summed E-state index contributed by atoms with van der Waals surface area (Å²) in [6.45, 7) is 8.06. The number of methoxy groups -OCH3 is 1. The van der Waals surface area contributed by atoms with E-state index in [1.807, 2.05) is 0 Å². The van der Waals surface area contributed by atoms with Crippen molar-refractivity contribution < 1.29 is 9.53 Å². The van der Waals surface area contributed by atoms with Crippen molar-refractivity contribution in [2.24, 2.45) is 4.99 Å². The van der Waals surface area contributed by atoms with Gasteiger partial charge in [0, 0.05) is 44.7 Å². The van der Waals surface area contributed by atoms with Crippen LogP contribution in [0.1, 0.15) is 51.5 Å². The summed E-state index contributed by atoms with van der Waals surface area (Å²) in [6, 6.07) is 11.7. The molecule has 1 aromatic rings. The second-order valence-electron chi connectivity index (χ2n) is 7.46. The van der Waals surface area contributed by atoms with Crippen molar-refractivity contribution in [1.29, 1.82) is 0 Å². The number of nitrogens with one attached hydrogen (secondary N) is 2. The van der Waals surface area contributed by atoms with E-state index in [0.29, 0.717) is 25.0 Å². The highest BCUT2D eigenvalue weighted by molar-refractivity contribution is 5.80. The second-order valence-corrected chi connectivity index (χ2v) is 7.46. The molecule has 1 aliphatic rings. The van der Waals surface area contributed by atoms with Gasteiger partial charge < -0.3 is 15.4 Å². The second kappa shape index (κ2) is 12.4. The molecule has 2 N–H and O–H groups in total. The number of hydrogen-bond donors (Lipinski definition) is 2. The molecule has 0 saturated carbocycles. The zero-order valence-electron chi connectivity index (χ0n) is 17.6. The molecule has 2 atom stereocenters. The van der Waals surface area contributed by atoms with Gasteiger partial charge in [0.2, 0.25) is 0 Å². The monoisotopic (exact) mass is 388 g/mol. The number of hydrogen-bond acceptors (Lipinski definition) is 4. The quantitative estimate of drug-likeness (QED) is 0.295. The van der Waals surface area contributed by atoms with Crippen LogP contribution in [0.4, 0.5) is 0 Å². The van der Waals surface area contributed by atoms with Gasteiger partial charge in [0.25, 0.3) is 0 Å². The Morgan fingerprint density at radius 2 is 2.07 bits per heavy atom. The predicted molar refractivity (Wildman–Crippen MR) is 114 cm³/mol. The molecule has 0 radical (unpaired) electrons. The summed E-state index contributed by atoms with van der Waals surface area (Å²) in [4.78, 5) is 18.4. The van der Waals surface area contributed by atoms with E-state index < -0.39 is 0 Å². The van der Waals surface area contributed by atoms with Crippen LogP contribution in [0.15, 0.2) is 35.3 Å². The molecule has 0 bridgehead atoms. The smallest absolute Gasteiger partial charge is 0.305 e. The zero-order chi connectivity index (χ0) is 20.2. The van der Waals surface area contributed by atoms with Crippen molar-refractivity contribution in [3.05, 3.63) is 35.9 Å². The Bertz CT molecular complexity index is 606. The van der Waals surface area contributed by atoms with Crippen molar-refractivity contribution in [2.45, 2.75) is 64.6 Å². The van der Waals surface area contributed by atoms with E-state index in [0.717, 1.165) is 51.3 Å². The Hall–Kier alpha value is -2.08. The van der Waals surface area contributed by atoms with Crippen LogP contribution in [0.2, 0.25) is 0 Å². The first kappa shape index (κ1) is 22.2. The Morgan fingerprint density at radius 3 is 2.75 bits per heavy atom. The number of carbonyl (C=O) groups is 1. The predicted octanol–water partition coefficient (Wildman–Crippen LogP) is 2.94. The van der Waals surface area contributed by atoms with Crippen LogP contribution < -0.4 is 10.6 Å². The van der Waals surface area contributed by atoms with Crippen LogP contribution >= 0.6 is 0 Å². The molecule has 0 aliphatic carbocycles. The van der Waals surface area contributed by atoms with Crippen LogP contribution in [0.25, 0.3) is 0 Å². The highest BCUT2D eigenvalue weighted by Gasteiger charge is 2.25. The molecule has 0 spiro atoms. The first-order chi connectivity index (χ1) is 13.6. The topological polar surface area (TPSA) is 66.0 Å². The van der Waals surface area contributed by atoms with E-state index in [-0.39, 0.29) is 5.97 Å². The summed E-state index contributed by atoms with van der Waals surface area (Å²) >= 11 is 0. The van der Waals surface area contributed by atoms with Gasteiger partial charge in [-0.05, 0) is 45.1 Å². The van der Waals surface area contributed by atoms with Crippen molar-refractivity contribution in [3.8, 4) is 0 Å². The maximum atomic E-state index is 11.2. The lowest BCUT2D eigenvalue weighted by molar-refractivity contribution is -0.140. The van der Waals surface area contributed by atoms with Crippen LogP contribution in [-0.4, -0.2) is 55.7 Å². The first-order valence-corrected chi connectivity index (χ1v) is 10.5. The van der Waals surface area contributed by atoms with Crippen LogP contribution in [-0.2, 0) is 16.1 Å². The number of rotatable bonds is 9. The molecule has 156 valence electrons. The minimum Gasteiger partial charge on any atom is -0.469 e. The minimum atomic E-state index is -0.148. The maximum Gasteiger partial charge on any atom is 0.305 e. The van der Waals surface area contributed by atoms with Gasteiger partial charge in [0.1, 0.15) is 0 Å². The molecule has 28 heavy (non-hydrogen) atoms. The van der Waals surface area contributed by atoms with Crippen molar-refractivity contribution in [2.75, 3.05) is 26.7 Å². The molecule has 0 amide bonds. The lowest BCUT2D eigenvalue weighted by Crippen LogP contribution is -2.51. The van der Waals surface area contributed by atoms with E-state index in [9.17, 15) is 4.79 Å². The number of ether oxygens (including phenoxy) is 1. The van der Waals surface area contributed by atoms with Crippen LogP contribution in [0, 0.1) is 0 Å². The third kappa shape index (κ3) is 7.89. The van der Waals surface area contributed by atoms with E-state index in [4.69, 9.17) is 0 Å². The fourth-order valence-corrected chi connectivity index (χ4v) is 3.59. The Labute approximate surface area is 169 Å². The Kier molecular flexibility index (Phi) is 9.83. The molecule has 1 aliphatic heterocycles. The molecule has 6 heteroatoms. The highest BCUT2D eigenvalue weighted by atomic mass is 16.5. The molecule has 1 heterocycles. The number of esters is 1. The fraction of sp³-hybridized carbons (Fsp3) is 0.636. The SMILES string of the molecule is CCNC(=NCCCCC(=O)OC)NC1CCN(Cc2ccccc2)C(C)C1. The summed E-state index contributed by atoms with van der Waals surface area (Å²) in [5, 5.41) is 6.94. The van der Waals surface area contributed by atoms with Crippen molar-refractivity contribution in [1.82, 2.24) is 15.5 Å². The molecular formula is C22H36N4O2. The van der Waals surface area contributed by atoms with Gasteiger partial charge in [-0.1, -0.05) is 30.3 Å². The largest absolute Gasteiger partial charge is 0.469 e. The van der Waals surface area contributed by atoms with Crippen molar-refractivity contribution >= 4 is 11.9 Å². The third-order valence-corrected chi connectivity index (χ3v) is 5.21. The molecule has 0 aromatic heterocycles. The molecule has 2 rings (SSSR count). The van der Waals surface area contributed by atoms with Crippen molar-refractivity contribution in [3.63, 3.8) is 0 Å². The number of nitrogens with zero attached hydrogens (tertiary/aromatic N) is 2. The summed E-state index contributed by atoms with van der Waals surface area (Å²) in [6.07, 6.45) is 4.39. The summed E-state index contributed by atoms with van der Waals surface area (Å²) in [5.74, 6) is 0.736. The molecule has 1 fully saturated rings. The number of aliphatic imine (C=N–C) groups is 1. The Morgan fingerprint density at radius 1 is 1.29 bits per heavy atom. The van der Waals surface area contributed by atoms with E-state index in [1.54, 1.807) is 0 Å². The van der Waals surface area contributed by atoms with E-state index in [1.165, 1.54) is 12.7 Å². The fourth-order valence-electron chi connectivity index (χ4n) is 3.59. The average molecular weight is 389 g/mol. The lowest BCUT2D eigenvalue weighted by Gasteiger charge is -2.38. The molecule has 1 saturated heterocycles. The molecule has 2 unspecified atom stereocenters. The van der Waals surface area contributed by atoms with Gasteiger partial charge in [-0.3, -0.25) is 14.7 Å². The van der Waals surface area contributed by atoms with Crippen LogP contribution in [0.3, 0.4) is 0 Å². The molecular weight excluding hydrogens is 352 g/mol. The molecule has 1 aromatic carbocycles. The van der Waals surface area contributed by atoms with Gasteiger partial charge in [-0.25, -0.2) is 0 Å². The first-order valence-electron chi connectivity index (χ1n) is 10.5. The number of carbonyl (C=O) groups excluding carboxylic acids is 1. The lowest BCUT2D eigenvalue weighted by atomic mass is 9.97. The normalized spacial score (nSPS) is 20.6. The van der Waals surface area contributed by atoms with E-state index in [2.05, 4.69) is 69.4 Å². The minimum absolute atomic E-state index is 0.148. The summed E-state index contributed by atoms with van der Waals surface area (Å²) in [7, 11) is 1.43. The zero-order valence-corrected chi connectivity index (χ0v) is 17.6. The third-order valence-electron chi connectivity index (χ3n) is 5.21. The standard InChI is InChI=1S/C22H36N4O2/c1-4-23-22(24-14-9-8-12-21(27)28-3)25-20-13-15-26(18(2)16-20)17-19-10-6-5-7-11-19/h5-7,10-11,18,20H,4,8-9,12-17H2,1-3H3,(H2,23,24,25). The van der Waals surface area contributed by atoms with Gasteiger partial charge >= 0.3 is 5.97 Å². The van der Waals surface area contributed by atoms with Crippen LogP contribution in [0.5, 0.6) is 0 Å². The van der Waals surface area contributed by atoms with Gasteiger partial charge in [-0.2, -0.15) is 0 Å². The van der Waals surface area contributed by atoms with Gasteiger partial charge in [0.05, 0.1) is 7.11 Å². The van der Waals surface area contributed by atoms with Gasteiger partial charge in [-0.15, -0.1) is 0 Å².